The number of rotatable bonds is 2. The maximum Gasteiger partial charge on any atom is 0.101 e. The van der Waals surface area contributed by atoms with E-state index in [0.29, 0.717) is 5.92 Å². The van der Waals surface area contributed by atoms with Crippen molar-refractivity contribution in [3.63, 3.8) is 0 Å². The van der Waals surface area contributed by atoms with Gasteiger partial charge in [0.2, 0.25) is 0 Å². The van der Waals surface area contributed by atoms with Crippen LogP contribution in [0.4, 0.5) is 0 Å². The fourth-order valence-corrected chi connectivity index (χ4v) is 2.71. The number of aryl methyl sites for hydroxylation is 1. The summed E-state index contributed by atoms with van der Waals surface area (Å²) in [4.78, 5) is 0. The minimum atomic E-state index is -0.379. The highest BCUT2D eigenvalue weighted by Gasteiger charge is 2.30. The van der Waals surface area contributed by atoms with E-state index in [2.05, 4.69) is 18.9 Å². The van der Waals surface area contributed by atoms with Gasteiger partial charge >= 0.3 is 0 Å². The van der Waals surface area contributed by atoms with Gasteiger partial charge in [0.25, 0.3) is 0 Å². The lowest BCUT2D eigenvalue weighted by Crippen LogP contribution is -2.25. The Labute approximate surface area is 97.5 Å². The van der Waals surface area contributed by atoms with E-state index in [0.717, 1.165) is 30.4 Å². The molecule has 4 atom stereocenters. The van der Waals surface area contributed by atoms with E-state index in [1.165, 1.54) is 6.42 Å². The molecule has 1 N–H and O–H groups in total. The molecule has 0 aliphatic heterocycles. The molecule has 1 aromatic heterocycles. The van der Waals surface area contributed by atoms with Crippen molar-refractivity contribution in [2.75, 3.05) is 0 Å². The molecule has 4 unspecified atom stereocenters. The highest BCUT2D eigenvalue weighted by Crippen LogP contribution is 2.39. The van der Waals surface area contributed by atoms with Crippen molar-refractivity contribution < 1.29 is 5.11 Å². The Morgan fingerprint density at radius 3 is 2.69 bits per heavy atom. The van der Waals surface area contributed by atoms with Crippen molar-refractivity contribution in [1.82, 2.24) is 9.78 Å². The van der Waals surface area contributed by atoms with E-state index >= 15 is 0 Å². The van der Waals surface area contributed by atoms with Crippen LogP contribution in [0.25, 0.3) is 0 Å². The molecule has 0 saturated heterocycles. The van der Waals surface area contributed by atoms with Crippen molar-refractivity contribution in [1.29, 1.82) is 0 Å². The zero-order valence-electron chi connectivity index (χ0n) is 10.4. The third-order valence-electron chi connectivity index (χ3n) is 4.12. The molecule has 3 heteroatoms. The third kappa shape index (κ3) is 2.29. The smallest absolute Gasteiger partial charge is 0.101 e. The Bertz CT molecular complexity index is 347. The van der Waals surface area contributed by atoms with Gasteiger partial charge in [-0.05, 0) is 36.7 Å². The zero-order valence-corrected chi connectivity index (χ0v) is 10.4. The molecule has 0 spiro atoms. The van der Waals surface area contributed by atoms with Crippen molar-refractivity contribution in [2.24, 2.45) is 24.8 Å². The molecule has 1 heterocycles. The molecular weight excluding hydrogens is 200 g/mol. The van der Waals surface area contributed by atoms with Gasteiger partial charge < -0.3 is 5.11 Å². The Hall–Kier alpha value is -0.830. The lowest BCUT2D eigenvalue weighted by molar-refractivity contribution is 0.0528. The van der Waals surface area contributed by atoms with Crippen molar-refractivity contribution in [3.05, 3.63) is 18.0 Å². The molecule has 2 rings (SSSR count). The number of hydrogen-bond donors (Lipinski definition) is 1. The van der Waals surface area contributed by atoms with Crippen LogP contribution in [0.5, 0.6) is 0 Å². The standard InChI is InChI=1S/C13H22N2O/c1-9-4-5-11(8-10(9)2)13(16)12-6-7-15(3)14-12/h6-7,9-11,13,16H,4-5,8H2,1-3H3. The van der Waals surface area contributed by atoms with Crippen LogP contribution < -0.4 is 0 Å². The summed E-state index contributed by atoms with van der Waals surface area (Å²) in [7, 11) is 1.89. The normalized spacial score (nSPS) is 32.6. The summed E-state index contributed by atoms with van der Waals surface area (Å²) in [5.74, 6) is 1.91. The summed E-state index contributed by atoms with van der Waals surface area (Å²) in [6.07, 6.45) is 5.00. The van der Waals surface area contributed by atoms with Gasteiger partial charge in [0.15, 0.2) is 0 Å². The molecule has 1 aliphatic carbocycles. The van der Waals surface area contributed by atoms with Gasteiger partial charge in [0.1, 0.15) is 6.10 Å². The summed E-state index contributed by atoms with van der Waals surface area (Å²) < 4.78 is 1.76. The predicted molar refractivity (Wildman–Crippen MR) is 63.8 cm³/mol. The van der Waals surface area contributed by atoms with Gasteiger partial charge in [-0.2, -0.15) is 5.10 Å². The summed E-state index contributed by atoms with van der Waals surface area (Å²) in [5, 5.41) is 14.6. The molecule has 1 aromatic rings. The second kappa shape index (κ2) is 4.58. The Morgan fingerprint density at radius 2 is 2.12 bits per heavy atom. The lowest BCUT2D eigenvalue weighted by Gasteiger charge is -2.34. The topological polar surface area (TPSA) is 38.0 Å². The van der Waals surface area contributed by atoms with Gasteiger partial charge in [0.05, 0.1) is 5.69 Å². The number of hydrogen-bond acceptors (Lipinski definition) is 2. The first-order valence-electron chi connectivity index (χ1n) is 6.25. The molecule has 0 radical (unpaired) electrons. The van der Waals surface area contributed by atoms with Crippen molar-refractivity contribution >= 4 is 0 Å². The van der Waals surface area contributed by atoms with Gasteiger partial charge in [-0.1, -0.05) is 20.3 Å². The van der Waals surface area contributed by atoms with Crippen LogP contribution in [0.2, 0.25) is 0 Å². The highest BCUT2D eigenvalue weighted by atomic mass is 16.3. The van der Waals surface area contributed by atoms with Gasteiger partial charge in [-0.3, -0.25) is 4.68 Å². The molecule has 3 nitrogen and oxygen atoms in total. The molecule has 1 aliphatic rings. The number of aliphatic hydroxyl groups excluding tert-OH is 1. The average Bonchev–Trinajstić information content (AvgIpc) is 2.68. The molecule has 1 saturated carbocycles. The minimum Gasteiger partial charge on any atom is -0.386 e. The van der Waals surface area contributed by atoms with E-state index in [1.807, 2.05) is 19.3 Å². The average molecular weight is 222 g/mol. The van der Waals surface area contributed by atoms with Crippen LogP contribution in [-0.2, 0) is 7.05 Å². The first kappa shape index (κ1) is 11.6. The zero-order chi connectivity index (χ0) is 11.7. The number of nitrogens with zero attached hydrogens (tertiary/aromatic N) is 2. The van der Waals surface area contributed by atoms with E-state index in [1.54, 1.807) is 4.68 Å². The SMILES string of the molecule is CC1CCC(C(O)c2ccn(C)n2)CC1C. The first-order chi connectivity index (χ1) is 7.58. The van der Waals surface area contributed by atoms with Crippen molar-refractivity contribution in [2.45, 2.75) is 39.2 Å². The van der Waals surface area contributed by atoms with Crippen LogP contribution in [0.1, 0.15) is 44.9 Å². The van der Waals surface area contributed by atoms with E-state index in [-0.39, 0.29) is 6.10 Å². The molecule has 90 valence electrons. The van der Waals surface area contributed by atoms with Crippen LogP contribution in [0, 0.1) is 17.8 Å². The molecular formula is C13H22N2O. The molecule has 16 heavy (non-hydrogen) atoms. The monoisotopic (exact) mass is 222 g/mol. The van der Waals surface area contributed by atoms with E-state index < -0.39 is 0 Å². The second-order valence-corrected chi connectivity index (χ2v) is 5.39. The minimum absolute atomic E-state index is 0.379. The van der Waals surface area contributed by atoms with Crippen LogP contribution in [-0.4, -0.2) is 14.9 Å². The number of aliphatic hydroxyl groups is 1. The van der Waals surface area contributed by atoms with Crippen LogP contribution in [0.3, 0.4) is 0 Å². The summed E-state index contributed by atoms with van der Waals surface area (Å²) in [6, 6.07) is 1.92. The summed E-state index contributed by atoms with van der Waals surface area (Å²) in [6.45, 7) is 4.61. The Kier molecular flexibility index (Phi) is 3.33. The van der Waals surface area contributed by atoms with E-state index in [4.69, 9.17) is 0 Å². The van der Waals surface area contributed by atoms with Crippen molar-refractivity contribution in [3.8, 4) is 0 Å². The summed E-state index contributed by atoms with van der Waals surface area (Å²) in [5.41, 5.74) is 0.828. The van der Waals surface area contributed by atoms with Gasteiger partial charge in [-0.25, -0.2) is 0 Å². The predicted octanol–water partition coefficient (Wildman–Crippen LogP) is 2.53. The Balaban J connectivity index is 2.02. The quantitative estimate of drug-likeness (QED) is 0.835. The highest BCUT2D eigenvalue weighted by molar-refractivity contribution is 5.04. The fraction of sp³-hybridized carbons (Fsp3) is 0.769. The largest absolute Gasteiger partial charge is 0.386 e. The maximum atomic E-state index is 10.3. The fourth-order valence-electron chi connectivity index (χ4n) is 2.71. The van der Waals surface area contributed by atoms with Crippen LogP contribution in [0.15, 0.2) is 12.3 Å². The lowest BCUT2D eigenvalue weighted by atomic mass is 9.73. The first-order valence-corrected chi connectivity index (χ1v) is 6.25. The van der Waals surface area contributed by atoms with Gasteiger partial charge in [-0.15, -0.1) is 0 Å². The molecule has 1 fully saturated rings. The summed E-state index contributed by atoms with van der Waals surface area (Å²) >= 11 is 0. The molecule has 0 bridgehead atoms. The maximum absolute atomic E-state index is 10.3. The Morgan fingerprint density at radius 1 is 1.38 bits per heavy atom. The van der Waals surface area contributed by atoms with Crippen LogP contribution >= 0.6 is 0 Å². The third-order valence-corrected chi connectivity index (χ3v) is 4.12. The van der Waals surface area contributed by atoms with Gasteiger partial charge in [0, 0.05) is 13.2 Å². The molecule has 0 amide bonds. The molecule has 0 aromatic carbocycles. The van der Waals surface area contributed by atoms with E-state index in [9.17, 15) is 5.11 Å². The second-order valence-electron chi connectivity index (χ2n) is 5.39. The number of aromatic nitrogens is 2.